The van der Waals surface area contributed by atoms with Crippen molar-refractivity contribution in [2.75, 3.05) is 26.2 Å². The number of nitrogens with zero attached hydrogens (tertiary/aromatic N) is 1. The topological polar surface area (TPSA) is 58.4 Å². The number of carbonyl (C=O) groups is 1. The molecule has 0 aromatic carbocycles. The zero-order valence-corrected chi connectivity index (χ0v) is 12.5. The van der Waals surface area contributed by atoms with Crippen LogP contribution in [0.4, 0.5) is 0 Å². The van der Waals surface area contributed by atoms with Crippen LogP contribution in [-0.4, -0.2) is 43.0 Å². The number of carbonyl (C=O) groups excluding carboxylic acids is 1. The van der Waals surface area contributed by atoms with E-state index in [9.17, 15) is 4.79 Å². The minimum Gasteiger partial charge on any atom is -0.353 e. The normalized spacial score (nSPS) is 17.6. The lowest BCUT2D eigenvalue weighted by Crippen LogP contribution is -2.45. The molecule has 0 bridgehead atoms. The zero-order valence-electron chi connectivity index (χ0n) is 12.5. The van der Waals surface area contributed by atoms with E-state index in [4.69, 9.17) is 5.73 Å². The maximum atomic E-state index is 11.8. The smallest absolute Gasteiger partial charge is 0.220 e. The first-order chi connectivity index (χ1) is 9.26. The summed E-state index contributed by atoms with van der Waals surface area (Å²) < 4.78 is 0. The molecule has 0 unspecified atom stereocenters. The molecular weight excluding hydrogens is 238 g/mol. The predicted molar refractivity (Wildman–Crippen MR) is 80.0 cm³/mol. The number of unbranched alkanes of at least 4 members (excludes halogenated alkanes) is 4. The largest absolute Gasteiger partial charge is 0.353 e. The van der Waals surface area contributed by atoms with Crippen LogP contribution >= 0.6 is 0 Å². The van der Waals surface area contributed by atoms with Gasteiger partial charge in [-0.2, -0.15) is 0 Å². The maximum absolute atomic E-state index is 11.8. The molecule has 1 fully saturated rings. The van der Waals surface area contributed by atoms with Crippen LogP contribution < -0.4 is 11.1 Å². The number of hydrogen-bond donors (Lipinski definition) is 2. The SMILES string of the molecule is CCCCCCCC(=O)NC1CCN(CCN)CC1. The summed E-state index contributed by atoms with van der Waals surface area (Å²) >= 11 is 0. The van der Waals surface area contributed by atoms with Crippen LogP contribution in [0.25, 0.3) is 0 Å². The Bertz CT molecular complexity index is 238. The Hall–Kier alpha value is -0.610. The molecule has 0 radical (unpaired) electrons. The van der Waals surface area contributed by atoms with Crippen LogP contribution in [0.3, 0.4) is 0 Å². The van der Waals surface area contributed by atoms with Gasteiger partial charge in [-0.1, -0.05) is 32.6 Å². The van der Waals surface area contributed by atoms with Crippen molar-refractivity contribution in [1.29, 1.82) is 0 Å². The van der Waals surface area contributed by atoms with E-state index in [-0.39, 0.29) is 5.91 Å². The fourth-order valence-electron chi connectivity index (χ4n) is 2.67. The molecule has 0 aromatic rings. The molecule has 1 aliphatic heterocycles. The average Bonchev–Trinajstić information content (AvgIpc) is 2.41. The molecule has 4 heteroatoms. The van der Waals surface area contributed by atoms with E-state index in [1.165, 1.54) is 25.7 Å². The van der Waals surface area contributed by atoms with Crippen molar-refractivity contribution in [2.45, 2.75) is 64.3 Å². The van der Waals surface area contributed by atoms with Gasteiger partial charge >= 0.3 is 0 Å². The lowest BCUT2D eigenvalue weighted by Gasteiger charge is -2.32. The molecule has 0 aromatic heterocycles. The van der Waals surface area contributed by atoms with Crippen molar-refractivity contribution < 1.29 is 4.79 Å². The number of nitrogens with one attached hydrogen (secondary N) is 1. The van der Waals surface area contributed by atoms with Gasteiger partial charge < -0.3 is 16.0 Å². The molecule has 1 aliphatic rings. The summed E-state index contributed by atoms with van der Waals surface area (Å²) in [4.78, 5) is 14.2. The monoisotopic (exact) mass is 269 g/mol. The van der Waals surface area contributed by atoms with E-state index in [0.717, 1.165) is 45.4 Å². The molecule has 0 spiro atoms. The van der Waals surface area contributed by atoms with Crippen molar-refractivity contribution in [3.05, 3.63) is 0 Å². The molecule has 1 saturated heterocycles. The molecule has 19 heavy (non-hydrogen) atoms. The van der Waals surface area contributed by atoms with Gasteiger partial charge in [0.1, 0.15) is 0 Å². The van der Waals surface area contributed by atoms with Gasteiger partial charge in [-0.15, -0.1) is 0 Å². The van der Waals surface area contributed by atoms with Crippen LogP contribution in [0.2, 0.25) is 0 Å². The molecule has 4 nitrogen and oxygen atoms in total. The summed E-state index contributed by atoms with van der Waals surface area (Å²) in [6, 6.07) is 0.386. The minimum atomic E-state index is 0.244. The number of piperidine rings is 1. The summed E-state index contributed by atoms with van der Waals surface area (Å²) in [5.74, 6) is 0.244. The summed E-state index contributed by atoms with van der Waals surface area (Å²) in [7, 11) is 0. The van der Waals surface area contributed by atoms with Crippen molar-refractivity contribution >= 4 is 5.91 Å². The highest BCUT2D eigenvalue weighted by Crippen LogP contribution is 2.10. The first-order valence-electron chi connectivity index (χ1n) is 7.98. The second-order valence-corrected chi connectivity index (χ2v) is 5.64. The Morgan fingerprint density at radius 2 is 1.89 bits per heavy atom. The van der Waals surface area contributed by atoms with Crippen LogP contribution in [-0.2, 0) is 4.79 Å². The summed E-state index contributed by atoms with van der Waals surface area (Å²) in [5.41, 5.74) is 5.55. The molecule has 112 valence electrons. The van der Waals surface area contributed by atoms with E-state index in [2.05, 4.69) is 17.1 Å². The number of nitrogens with two attached hydrogens (primary N) is 1. The Morgan fingerprint density at radius 1 is 1.21 bits per heavy atom. The van der Waals surface area contributed by atoms with Crippen molar-refractivity contribution in [3.8, 4) is 0 Å². The molecule has 3 N–H and O–H groups in total. The third-order valence-electron chi connectivity index (χ3n) is 3.91. The lowest BCUT2D eigenvalue weighted by atomic mass is 10.0. The van der Waals surface area contributed by atoms with E-state index >= 15 is 0 Å². The van der Waals surface area contributed by atoms with E-state index in [0.29, 0.717) is 12.5 Å². The second-order valence-electron chi connectivity index (χ2n) is 5.64. The summed E-state index contributed by atoms with van der Waals surface area (Å²) in [5, 5.41) is 3.18. The molecule has 1 heterocycles. The number of amides is 1. The standard InChI is InChI=1S/C15H31N3O/c1-2-3-4-5-6-7-15(19)17-14-8-11-18(12-9-14)13-10-16/h14H,2-13,16H2,1H3,(H,17,19). The van der Waals surface area contributed by atoms with E-state index < -0.39 is 0 Å². The summed E-state index contributed by atoms with van der Waals surface area (Å²) in [6.45, 7) is 6.06. The average molecular weight is 269 g/mol. The van der Waals surface area contributed by atoms with Crippen LogP contribution in [0.1, 0.15) is 58.3 Å². The van der Waals surface area contributed by atoms with Gasteiger partial charge in [-0.25, -0.2) is 0 Å². The maximum Gasteiger partial charge on any atom is 0.220 e. The van der Waals surface area contributed by atoms with Crippen molar-refractivity contribution in [3.63, 3.8) is 0 Å². The number of rotatable bonds is 9. The zero-order chi connectivity index (χ0) is 13.9. The quantitative estimate of drug-likeness (QED) is 0.628. The summed E-state index contributed by atoms with van der Waals surface area (Å²) in [6.07, 6.45) is 8.89. The highest BCUT2D eigenvalue weighted by molar-refractivity contribution is 5.76. The predicted octanol–water partition coefficient (Wildman–Crippen LogP) is 1.89. The first kappa shape index (κ1) is 16.4. The Labute approximate surface area is 118 Å². The Balaban J connectivity index is 2.03. The molecule has 0 atom stereocenters. The van der Waals surface area contributed by atoms with Crippen molar-refractivity contribution in [1.82, 2.24) is 10.2 Å². The van der Waals surface area contributed by atoms with Crippen LogP contribution in [0.15, 0.2) is 0 Å². The molecule has 1 amide bonds. The molecule has 0 saturated carbocycles. The Morgan fingerprint density at radius 3 is 2.53 bits per heavy atom. The van der Waals surface area contributed by atoms with Crippen molar-refractivity contribution in [2.24, 2.45) is 5.73 Å². The number of hydrogen-bond acceptors (Lipinski definition) is 3. The van der Waals surface area contributed by atoms with E-state index in [1.807, 2.05) is 0 Å². The van der Waals surface area contributed by atoms with E-state index in [1.54, 1.807) is 0 Å². The van der Waals surface area contributed by atoms with Gasteiger partial charge in [0.05, 0.1) is 0 Å². The molecule has 0 aliphatic carbocycles. The first-order valence-corrected chi connectivity index (χ1v) is 7.98. The third kappa shape index (κ3) is 7.53. The van der Waals surface area contributed by atoms with Gasteiger partial charge in [0.25, 0.3) is 0 Å². The van der Waals surface area contributed by atoms with Crippen LogP contribution in [0.5, 0.6) is 0 Å². The Kier molecular flexibility index (Phi) is 8.84. The van der Waals surface area contributed by atoms with Gasteiger partial charge in [0.2, 0.25) is 5.91 Å². The highest BCUT2D eigenvalue weighted by atomic mass is 16.1. The van der Waals surface area contributed by atoms with Gasteiger partial charge in [-0.3, -0.25) is 4.79 Å². The third-order valence-corrected chi connectivity index (χ3v) is 3.91. The van der Waals surface area contributed by atoms with Gasteiger partial charge in [-0.05, 0) is 19.3 Å². The highest BCUT2D eigenvalue weighted by Gasteiger charge is 2.19. The van der Waals surface area contributed by atoms with Gasteiger partial charge in [0.15, 0.2) is 0 Å². The molecule has 1 rings (SSSR count). The van der Waals surface area contributed by atoms with Gasteiger partial charge in [0, 0.05) is 38.6 Å². The fraction of sp³-hybridized carbons (Fsp3) is 0.933. The van der Waals surface area contributed by atoms with Crippen LogP contribution in [0, 0.1) is 0 Å². The molecular formula is C15H31N3O. The minimum absolute atomic E-state index is 0.244. The number of likely N-dealkylation sites (tertiary alicyclic amines) is 1. The lowest BCUT2D eigenvalue weighted by molar-refractivity contribution is -0.122. The fourth-order valence-corrected chi connectivity index (χ4v) is 2.67. The second kappa shape index (κ2) is 10.2.